The van der Waals surface area contributed by atoms with Gasteiger partial charge >= 0.3 is 5.97 Å². The van der Waals surface area contributed by atoms with Gasteiger partial charge < -0.3 is 15.2 Å². The Bertz CT molecular complexity index is 1140. The molecule has 1 aromatic carbocycles. The highest BCUT2D eigenvalue weighted by Gasteiger charge is 2.21. The van der Waals surface area contributed by atoms with Crippen molar-refractivity contribution in [1.29, 1.82) is 0 Å². The molecule has 2 aromatic rings. The molecule has 0 spiro atoms. The molecular formula is C28H33ClN4O3. The SMILES string of the molecule is COC1=N/C/N=C(/c2cnc(-c3ccc(C4CCCCC(CC(=O)O)CC4)cc3)cc2Cl)NC/C=C\1. The Labute approximate surface area is 217 Å². The lowest BCUT2D eigenvalue weighted by Gasteiger charge is -2.24. The van der Waals surface area contributed by atoms with Crippen LogP contribution >= 0.6 is 11.6 Å². The Balaban J connectivity index is 1.46. The molecule has 0 radical (unpaired) electrons. The van der Waals surface area contributed by atoms with E-state index < -0.39 is 5.97 Å². The zero-order valence-corrected chi connectivity index (χ0v) is 21.4. The van der Waals surface area contributed by atoms with Gasteiger partial charge in [-0.15, -0.1) is 0 Å². The predicted molar refractivity (Wildman–Crippen MR) is 144 cm³/mol. The number of ether oxygens (including phenoxy) is 1. The van der Waals surface area contributed by atoms with Gasteiger partial charge in [0.25, 0.3) is 0 Å². The third-order valence-corrected chi connectivity index (χ3v) is 7.21. The number of carbonyl (C=O) groups is 1. The van der Waals surface area contributed by atoms with Crippen molar-refractivity contribution in [3.05, 3.63) is 64.8 Å². The first-order valence-electron chi connectivity index (χ1n) is 12.5. The van der Waals surface area contributed by atoms with Crippen molar-refractivity contribution in [2.24, 2.45) is 15.9 Å². The zero-order valence-electron chi connectivity index (χ0n) is 20.6. The number of carboxylic acids is 1. The van der Waals surface area contributed by atoms with Crippen molar-refractivity contribution in [3.8, 4) is 11.3 Å². The maximum Gasteiger partial charge on any atom is 0.303 e. The van der Waals surface area contributed by atoms with Crippen LogP contribution in [0.2, 0.25) is 5.02 Å². The number of benzene rings is 1. The van der Waals surface area contributed by atoms with Crippen molar-refractivity contribution < 1.29 is 14.6 Å². The maximum absolute atomic E-state index is 11.2. The van der Waals surface area contributed by atoms with Gasteiger partial charge in [-0.1, -0.05) is 54.8 Å². The lowest BCUT2D eigenvalue weighted by atomic mass is 9.81. The molecule has 36 heavy (non-hydrogen) atoms. The summed E-state index contributed by atoms with van der Waals surface area (Å²) in [6, 6.07) is 10.4. The number of aliphatic imine (C=N–C) groups is 2. The summed E-state index contributed by atoms with van der Waals surface area (Å²) < 4.78 is 5.20. The van der Waals surface area contributed by atoms with Gasteiger partial charge in [-0.25, -0.2) is 9.98 Å². The summed E-state index contributed by atoms with van der Waals surface area (Å²) in [7, 11) is 1.58. The topological polar surface area (TPSA) is 96.2 Å². The van der Waals surface area contributed by atoms with Gasteiger partial charge in [0.2, 0.25) is 5.90 Å². The fraction of sp³-hybridized carbons (Fsp3) is 0.429. The smallest absolute Gasteiger partial charge is 0.303 e. The molecule has 4 rings (SSSR count). The highest BCUT2D eigenvalue weighted by Crippen LogP contribution is 2.35. The average Bonchev–Trinajstić information content (AvgIpc) is 2.98. The molecule has 0 amide bonds. The summed E-state index contributed by atoms with van der Waals surface area (Å²) in [4.78, 5) is 24.6. The number of carboxylic acid groups (broad SMARTS) is 1. The second kappa shape index (κ2) is 12.7. The molecule has 7 nitrogen and oxygen atoms in total. The number of aromatic nitrogens is 1. The van der Waals surface area contributed by atoms with Gasteiger partial charge in [0, 0.05) is 24.7 Å². The first-order valence-corrected chi connectivity index (χ1v) is 12.9. The van der Waals surface area contributed by atoms with Gasteiger partial charge in [-0.2, -0.15) is 0 Å². The van der Waals surface area contributed by atoms with Crippen molar-refractivity contribution >= 4 is 29.3 Å². The van der Waals surface area contributed by atoms with Crippen LogP contribution in [-0.4, -0.2) is 48.1 Å². The number of aliphatic carboxylic acids is 1. The summed E-state index contributed by atoms with van der Waals surface area (Å²) in [5, 5.41) is 13.0. The molecule has 2 aliphatic rings. The van der Waals surface area contributed by atoms with Crippen LogP contribution in [0.25, 0.3) is 11.3 Å². The molecule has 2 unspecified atom stereocenters. The Morgan fingerprint density at radius 1 is 1.14 bits per heavy atom. The molecule has 1 aliphatic carbocycles. The van der Waals surface area contributed by atoms with Crippen molar-refractivity contribution in [2.45, 2.75) is 50.9 Å². The Morgan fingerprint density at radius 3 is 2.69 bits per heavy atom. The molecule has 1 aromatic heterocycles. The number of amidine groups is 1. The van der Waals surface area contributed by atoms with E-state index in [9.17, 15) is 9.90 Å². The van der Waals surface area contributed by atoms with Gasteiger partial charge in [-0.3, -0.25) is 9.78 Å². The van der Waals surface area contributed by atoms with Crippen LogP contribution in [0.1, 0.15) is 62.0 Å². The minimum atomic E-state index is -0.683. The summed E-state index contributed by atoms with van der Waals surface area (Å²) in [6.45, 7) is 0.798. The van der Waals surface area contributed by atoms with Crippen LogP contribution in [0.3, 0.4) is 0 Å². The number of rotatable bonds is 5. The third kappa shape index (κ3) is 6.94. The molecule has 1 fully saturated rings. The summed E-state index contributed by atoms with van der Waals surface area (Å²) in [5.74, 6) is 1.25. The lowest BCUT2D eigenvalue weighted by molar-refractivity contribution is -0.138. The second-order valence-corrected chi connectivity index (χ2v) is 9.73. The van der Waals surface area contributed by atoms with Crippen LogP contribution in [0.4, 0.5) is 0 Å². The molecule has 0 saturated heterocycles. The fourth-order valence-electron chi connectivity index (χ4n) is 4.94. The van der Waals surface area contributed by atoms with Crippen molar-refractivity contribution in [1.82, 2.24) is 10.3 Å². The van der Waals surface area contributed by atoms with E-state index in [1.165, 1.54) is 5.56 Å². The lowest BCUT2D eigenvalue weighted by Crippen LogP contribution is -2.25. The molecule has 1 aliphatic heterocycles. The Kier molecular flexibility index (Phi) is 9.11. The van der Waals surface area contributed by atoms with Crippen LogP contribution < -0.4 is 5.32 Å². The van der Waals surface area contributed by atoms with Gasteiger partial charge in [0.1, 0.15) is 12.5 Å². The van der Waals surface area contributed by atoms with E-state index in [1.807, 2.05) is 18.2 Å². The molecule has 1 saturated carbocycles. The van der Waals surface area contributed by atoms with Crippen LogP contribution in [0.15, 0.2) is 58.7 Å². The quantitative estimate of drug-likeness (QED) is 0.529. The number of nitrogens with one attached hydrogen (secondary N) is 1. The first-order chi connectivity index (χ1) is 17.5. The van der Waals surface area contributed by atoms with Gasteiger partial charge in [0.05, 0.1) is 23.4 Å². The van der Waals surface area contributed by atoms with Crippen LogP contribution in [-0.2, 0) is 9.53 Å². The first kappa shape index (κ1) is 25.9. The minimum absolute atomic E-state index is 0.230. The van der Waals surface area contributed by atoms with E-state index in [4.69, 9.17) is 16.3 Å². The number of hydrogen-bond acceptors (Lipinski definition) is 6. The number of methoxy groups -OCH3 is 1. The molecule has 2 atom stereocenters. The molecule has 8 heteroatoms. The normalized spacial score (nSPS) is 24.7. The van der Waals surface area contributed by atoms with E-state index in [1.54, 1.807) is 13.3 Å². The van der Waals surface area contributed by atoms with Gasteiger partial charge in [0.15, 0.2) is 0 Å². The van der Waals surface area contributed by atoms with E-state index in [0.29, 0.717) is 35.1 Å². The number of hydrogen-bond donors (Lipinski definition) is 2. The summed E-state index contributed by atoms with van der Waals surface area (Å²) >= 11 is 6.66. The predicted octanol–water partition coefficient (Wildman–Crippen LogP) is 5.84. The summed E-state index contributed by atoms with van der Waals surface area (Å²) in [5.41, 5.74) is 3.85. The third-order valence-electron chi connectivity index (χ3n) is 6.90. The number of pyridine rings is 1. The van der Waals surface area contributed by atoms with E-state index in [2.05, 4.69) is 44.6 Å². The largest absolute Gasteiger partial charge is 0.481 e. The van der Waals surface area contributed by atoms with Crippen molar-refractivity contribution in [2.75, 3.05) is 20.3 Å². The van der Waals surface area contributed by atoms with Crippen molar-refractivity contribution in [3.63, 3.8) is 0 Å². The summed E-state index contributed by atoms with van der Waals surface area (Å²) in [6.07, 6.45) is 12.2. The number of halogens is 1. The second-order valence-electron chi connectivity index (χ2n) is 9.33. The highest BCUT2D eigenvalue weighted by molar-refractivity contribution is 6.34. The zero-order chi connectivity index (χ0) is 25.3. The van der Waals surface area contributed by atoms with Crippen LogP contribution in [0, 0.1) is 5.92 Å². The van der Waals surface area contributed by atoms with E-state index in [0.717, 1.165) is 55.3 Å². The Hall–Kier alpha value is -3.19. The standard InChI is InChI=1S/C28H33ClN4O3/c1-36-26-7-4-14-30-28(33-18-32-26)23-17-31-25(16-24(23)29)22-12-10-21(11-13-22)20-6-3-2-5-19(8-9-20)15-27(34)35/h4,7,10-13,16-17,19-20H,2-3,5-6,8-9,14-15,18H2,1H3,(H,30,33)(H,34,35)/b7-4-,32-26+. The average molecular weight is 509 g/mol. The monoisotopic (exact) mass is 508 g/mol. The molecule has 0 bridgehead atoms. The van der Waals surface area contributed by atoms with Gasteiger partial charge in [-0.05, 0) is 55.2 Å². The number of nitrogens with zero attached hydrogens (tertiary/aromatic N) is 3. The molecular weight excluding hydrogens is 476 g/mol. The highest BCUT2D eigenvalue weighted by atomic mass is 35.5. The fourth-order valence-corrected chi connectivity index (χ4v) is 5.18. The maximum atomic E-state index is 11.2. The van der Waals surface area contributed by atoms with E-state index in [-0.39, 0.29) is 13.1 Å². The molecule has 2 N–H and O–H groups in total. The van der Waals surface area contributed by atoms with E-state index >= 15 is 0 Å². The Morgan fingerprint density at radius 2 is 1.94 bits per heavy atom. The minimum Gasteiger partial charge on any atom is -0.481 e. The molecule has 190 valence electrons. The van der Waals surface area contributed by atoms with Crippen LogP contribution in [0.5, 0.6) is 0 Å². The molecule has 2 heterocycles.